The van der Waals surface area contributed by atoms with Gasteiger partial charge in [0.05, 0.1) is 19.8 Å². The van der Waals surface area contributed by atoms with E-state index in [0.717, 1.165) is 0 Å². The van der Waals surface area contributed by atoms with Crippen LogP contribution in [-0.4, -0.2) is 42.5 Å². The van der Waals surface area contributed by atoms with E-state index in [4.69, 9.17) is 14.9 Å². The highest BCUT2D eigenvalue weighted by Gasteiger charge is 1.99. The van der Waals surface area contributed by atoms with Gasteiger partial charge in [0.25, 0.3) is 0 Å². The highest BCUT2D eigenvalue weighted by molar-refractivity contribution is 5.77. The molecule has 0 fully saturated rings. The monoisotopic (exact) mass is 175 g/mol. The molecular formula is C7H13NO4. The van der Waals surface area contributed by atoms with Gasteiger partial charge >= 0.3 is 0 Å². The van der Waals surface area contributed by atoms with Crippen LogP contribution >= 0.6 is 0 Å². The van der Waals surface area contributed by atoms with Crippen molar-refractivity contribution in [3.8, 4) is 0 Å². The second-order valence-electron chi connectivity index (χ2n) is 2.12. The molecule has 5 nitrogen and oxygen atoms in total. The van der Waals surface area contributed by atoms with Crippen LogP contribution in [0.2, 0.25) is 0 Å². The Morgan fingerprint density at radius 1 is 1.58 bits per heavy atom. The number of carbonyl (C=O) groups excluding carboxylic acids is 1. The lowest BCUT2D eigenvalue weighted by molar-refractivity contribution is -0.125. The average Bonchev–Trinajstić information content (AvgIpc) is 2.01. The summed E-state index contributed by atoms with van der Waals surface area (Å²) in [5.74, 6) is -0.454. The molecule has 12 heavy (non-hydrogen) atoms. The molecule has 0 saturated heterocycles. The molecule has 70 valence electrons. The van der Waals surface area contributed by atoms with Gasteiger partial charge in [-0.05, 0) is 0 Å². The van der Waals surface area contributed by atoms with Gasteiger partial charge < -0.3 is 20.3 Å². The standard InChI is InChI=1S/C7H13NO4/c1-6(10)4-8-7(11)5-12-3-2-9/h9-10H,1-5H2,(H,8,11). The van der Waals surface area contributed by atoms with Gasteiger partial charge in [-0.2, -0.15) is 0 Å². The van der Waals surface area contributed by atoms with Gasteiger partial charge in [-0.1, -0.05) is 6.58 Å². The lowest BCUT2D eigenvalue weighted by atomic mass is 10.5. The minimum Gasteiger partial charge on any atom is -0.511 e. The van der Waals surface area contributed by atoms with Crippen molar-refractivity contribution in [3.05, 3.63) is 12.3 Å². The molecule has 0 radical (unpaired) electrons. The van der Waals surface area contributed by atoms with Gasteiger partial charge in [0, 0.05) is 0 Å². The highest BCUT2D eigenvalue weighted by atomic mass is 16.5. The third-order valence-corrected chi connectivity index (χ3v) is 0.958. The molecule has 0 bridgehead atoms. The van der Waals surface area contributed by atoms with Crippen molar-refractivity contribution in [2.75, 3.05) is 26.4 Å². The Bertz CT molecular complexity index is 157. The Hall–Kier alpha value is -1.07. The lowest BCUT2D eigenvalue weighted by Crippen LogP contribution is -2.29. The zero-order chi connectivity index (χ0) is 9.40. The van der Waals surface area contributed by atoms with E-state index in [9.17, 15) is 4.79 Å². The summed E-state index contributed by atoms with van der Waals surface area (Å²) in [4.78, 5) is 10.8. The average molecular weight is 175 g/mol. The minimum atomic E-state index is -0.348. The molecule has 0 aliphatic rings. The van der Waals surface area contributed by atoms with Gasteiger partial charge in [0.1, 0.15) is 12.4 Å². The van der Waals surface area contributed by atoms with E-state index < -0.39 is 0 Å². The van der Waals surface area contributed by atoms with Crippen LogP contribution in [0.15, 0.2) is 12.3 Å². The van der Waals surface area contributed by atoms with Gasteiger partial charge in [-0.15, -0.1) is 0 Å². The Labute approximate surface area is 70.7 Å². The summed E-state index contributed by atoms with van der Waals surface area (Å²) in [6.45, 7) is 3.12. The first-order valence-corrected chi connectivity index (χ1v) is 3.49. The number of amides is 1. The van der Waals surface area contributed by atoms with Gasteiger partial charge in [0.2, 0.25) is 5.91 Å². The smallest absolute Gasteiger partial charge is 0.246 e. The fourth-order valence-electron chi connectivity index (χ4n) is 0.481. The summed E-state index contributed by atoms with van der Waals surface area (Å²) < 4.78 is 4.70. The Kier molecular flexibility index (Phi) is 6.04. The SMILES string of the molecule is C=C(O)CNC(=O)COCCO. The van der Waals surface area contributed by atoms with Crippen molar-refractivity contribution in [1.29, 1.82) is 0 Å². The third kappa shape index (κ3) is 7.04. The first-order valence-electron chi connectivity index (χ1n) is 3.49. The fourth-order valence-corrected chi connectivity index (χ4v) is 0.481. The molecule has 5 heteroatoms. The number of ether oxygens (including phenoxy) is 1. The van der Waals surface area contributed by atoms with Crippen LogP contribution in [0.4, 0.5) is 0 Å². The topological polar surface area (TPSA) is 78.8 Å². The zero-order valence-corrected chi connectivity index (χ0v) is 6.75. The maximum atomic E-state index is 10.8. The predicted molar refractivity (Wildman–Crippen MR) is 42.7 cm³/mol. The molecule has 0 spiro atoms. The van der Waals surface area contributed by atoms with E-state index in [1.165, 1.54) is 0 Å². The second-order valence-corrected chi connectivity index (χ2v) is 2.12. The molecule has 0 saturated carbocycles. The van der Waals surface area contributed by atoms with E-state index in [1.54, 1.807) is 0 Å². The number of rotatable bonds is 6. The molecule has 3 N–H and O–H groups in total. The summed E-state index contributed by atoms with van der Waals surface area (Å²) in [5, 5.41) is 19.2. The maximum absolute atomic E-state index is 10.8. The van der Waals surface area contributed by atoms with Crippen LogP contribution in [-0.2, 0) is 9.53 Å². The number of carbonyl (C=O) groups is 1. The first-order chi connectivity index (χ1) is 5.66. The normalized spacial score (nSPS) is 9.42. The van der Waals surface area contributed by atoms with Crippen LogP contribution < -0.4 is 5.32 Å². The number of nitrogens with one attached hydrogen (secondary N) is 1. The summed E-state index contributed by atoms with van der Waals surface area (Å²) in [7, 11) is 0. The first kappa shape index (κ1) is 10.9. The maximum Gasteiger partial charge on any atom is 0.246 e. The molecule has 0 unspecified atom stereocenters. The van der Waals surface area contributed by atoms with Crippen LogP contribution in [0.5, 0.6) is 0 Å². The van der Waals surface area contributed by atoms with Crippen molar-refractivity contribution < 1.29 is 19.7 Å². The molecule has 1 amide bonds. The van der Waals surface area contributed by atoms with Gasteiger partial charge in [0.15, 0.2) is 0 Å². The molecule has 0 aliphatic heterocycles. The summed E-state index contributed by atoms with van der Waals surface area (Å²) in [6, 6.07) is 0. The number of aliphatic hydroxyl groups is 2. The molecule has 0 rings (SSSR count). The predicted octanol–water partition coefficient (Wildman–Crippen LogP) is -0.817. The number of aliphatic hydroxyl groups excluding tert-OH is 2. The van der Waals surface area contributed by atoms with Gasteiger partial charge in [-0.25, -0.2) is 0 Å². The molecule has 0 aromatic carbocycles. The molecule has 0 aromatic heterocycles. The van der Waals surface area contributed by atoms with E-state index in [1.807, 2.05) is 0 Å². The lowest BCUT2D eigenvalue weighted by Gasteiger charge is -2.03. The van der Waals surface area contributed by atoms with Crippen molar-refractivity contribution in [2.45, 2.75) is 0 Å². The minimum absolute atomic E-state index is 0.0291. The molecule has 0 atom stereocenters. The van der Waals surface area contributed by atoms with E-state index >= 15 is 0 Å². The Morgan fingerprint density at radius 2 is 2.25 bits per heavy atom. The van der Waals surface area contributed by atoms with Crippen LogP contribution in [0.25, 0.3) is 0 Å². The van der Waals surface area contributed by atoms with Crippen LogP contribution in [0.1, 0.15) is 0 Å². The zero-order valence-electron chi connectivity index (χ0n) is 6.75. The van der Waals surface area contributed by atoms with Gasteiger partial charge in [-0.3, -0.25) is 4.79 Å². The number of hydrogen-bond acceptors (Lipinski definition) is 4. The summed E-state index contributed by atoms with van der Waals surface area (Å²) in [5.41, 5.74) is 0. The second kappa shape index (κ2) is 6.63. The van der Waals surface area contributed by atoms with Crippen LogP contribution in [0.3, 0.4) is 0 Å². The molecule has 0 aromatic rings. The number of hydrogen-bond donors (Lipinski definition) is 3. The van der Waals surface area contributed by atoms with E-state index in [0.29, 0.717) is 0 Å². The van der Waals surface area contributed by atoms with E-state index in [2.05, 4.69) is 11.9 Å². The highest BCUT2D eigenvalue weighted by Crippen LogP contribution is 1.78. The largest absolute Gasteiger partial charge is 0.511 e. The van der Waals surface area contributed by atoms with Crippen molar-refractivity contribution in [2.24, 2.45) is 0 Å². The third-order valence-electron chi connectivity index (χ3n) is 0.958. The quantitative estimate of drug-likeness (QED) is 0.364. The van der Waals surface area contributed by atoms with E-state index in [-0.39, 0.29) is 38.0 Å². The van der Waals surface area contributed by atoms with Crippen molar-refractivity contribution in [1.82, 2.24) is 5.32 Å². The van der Waals surface area contributed by atoms with Crippen molar-refractivity contribution >= 4 is 5.91 Å². The summed E-state index contributed by atoms with van der Waals surface area (Å²) in [6.07, 6.45) is 0. The summed E-state index contributed by atoms with van der Waals surface area (Å²) >= 11 is 0. The molecular weight excluding hydrogens is 162 g/mol. The Morgan fingerprint density at radius 3 is 2.75 bits per heavy atom. The molecule has 0 heterocycles. The van der Waals surface area contributed by atoms with Crippen molar-refractivity contribution in [3.63, 3.8) is 0 Å². The Balaban J connectivity index is 3.28. The molecule has 0 aliphatic carbocycles. The fraction of sp³-hybridized carbons (Fsp3) is 0.571. The van der Waals surface area contributed by atoms with Crippen LogP contribution in [0, 0.1) is 0 Å².